The molecule has 0 bridgehead atoms. The fourth-order valence-electron chi connectivity index (χ4n) is 5.88. The van der Waals surface area contributed by atoms with Crippen molar-refractivity contribution in [2.75, 3.05) is 19.5 Å². The average molecular weight is 697 g/mol. The Bertz CT molecular complexity index is 2130. The van der Waals surface area contributed by atoms with E-state index in [4.69, 9.17) is 18.9 Å². The molecule has 6 rings (SSSR count). The van der Waals surface area contributed by atoms with E-state index in [1.807, 2.05) is 36.4 Å². The highest BCUT2D eigenvalue weighted by Crippen LogP contribution is 2.32. The van der Waals surface area contributed by atoms with Gasteiger partial charge in [0.05, 0.1) is 36.5 Å². The first-order valence-corrected chi connectivity index (χ1v) is 17.5. The summed E-state index contributed by atoms with van der Waals surface area (Å²) in [6.45, 7) is 0. The van der Waals surface area contributed by atoms with Gasteiger partial charge in [-0.25, -0.2) is 17.9 Å². The molecule has 5 aromatic carbocycles. The quantitative estimate of drug-likeness (QED) is 0.122. The zero-order valence-electron chi connectivity index (χ0n) is 27.4. The second-order valence-corrected chi connectivity index (χ2v) is 13.5. The Labute approximate surface area is 289 Å². The third-order valence-electron chi connectivity index (χ3n) is 8.51. The molecule has 11 nitrogen and oxygen atoms in total. The summed E-state index contributed by atoms with van der Waals surface area (Å²) in [5.74, 6) is 1.15. The number of hydrogen-bond acceptors (Lipinski definition) is 8. The van der Waals surface area contributed by atoms with Crippen LogP contribution in [0, 0.1) is 0 Å². The van der Waals surface area contributed by atoms with Crippen molar-refractivity contribution in [3.05, 3.63) is 114 Å². The van der Waals surface area contributed by atoms with E-state index in [0.29, 0.717) is 54.2 Å². The lowest BCUT2D eigenvalue weighted by Gasteiger charge is -2.29. The van der Waals surface area contributed by atoms with E-state index in [2.05, 4.69) is 10.0 Å². The van der Waals surface area contributed by atoms with Crippen LogP contribution in [0.4, 0.5) is 5.69 Å². The molecule has 0 aliphatic heterocycles. The topological polar surface area (TPSA) is 149 Å². The van der Waals surface area contributed by atoms with Gasteiger partial charge in [0.1, 0.15) is 17.2 Å². The van der Waals surface area contributed by atoms with Crippen molar-refractivity contribution in [1.29, 1.82) is 0 Å². The van der Waals surface area contributed by atoms with E-state index >= 15 is 0 Å². The molecule has 0 unspecified atom stereocenters. The van der Waals surface area contributed by atoms with Crippen molar-refractivity contribution in [3.8, 4) is 28.7 Å². The monoisotopic (exact) mass is 696 g/mol. The Morgan fingerprint density at radius 3 is 2.04 bits per heavy atom. The molecule has 0 radical (unpaired) electrons. The largest absolute Gasteiger partial charge is 0.493 e. The van der Waals surface area contributed by atoms with Gasteiger partial charge in [0.2, 0.25) is 10.0 Å². The maximum Gasteiger partial charge on any atom is 0.337 e. The summed E-state index contributed by atoms with van der Waals surface area (Å²) >= 11 is 0. The van der Waals surface area contributed by atoms with Crippen LogP contribution in [0.1, 0.15) is 46.4 Å². The third-order valence-corrected chi connectivity index (χ3v) is 10.0. The van der Waals surface area contributed by atoms with Crippen molar-refractivity contribution in [3.63, 3.8) is 0 Å². The minimum Gasteiger partial charge on any atom is -0.493 e. The molecular weight excluding hydrogens is 660 g/mol. The average Bonchev–Trinajstić information content (AvgIpc) is 3.12. The molecule has 1 aliphatic rings. The summed E-state index contributed by atoms with van der Waals surface area (Å²) < 4.78 is 51.7. The minimum atomic E-state index is -3.73. The first-order valence-electron chi connectivity index (χ1n) is 16.0. The number of carbonyl (C=O) groups excluding carboxylic acids is 1. The molecule has 1 aliphatic carbocycles. The number of carboxylic acid groups (broad SMARTS) is 1. The standard InChI is InChI=1S/C38H36N2O9S/c1-46-35-20-19-32(23-36(35)47-2)50(44,45)40-27-11-17-29(18-12-27)49-31-16-10-25-21-30(15-9-26(25)22-31)48-28-13-7-24(8-14-28)37(41)39-34-6-4-3-5-33(34)38(42)43/h3-10,13-16,19-23,27,29,40H,11-12,17-18H2,1-2H3,(H,39,41)(H,42,43). The molecule has 1 fully saturated rings. The number of benzene rings is 5. The van der Waals surface area contributed by atoms with Crippen molar-refractivity contribution >= 4 is 38.4 Å². The molecule has 0 saturated heterocycles. The lowest BCUT2D eigenvalue weighted by atomic mass is 9.93. The fourth-order valence-corrected chi connectivity index (χ4v) is 7.20. The number of amides is 1. The number of carbonyl (C=O) groups is 2. The Kier molecular flexibility index (Phi) is 10.2. The van der Waals surface area contributed by atoms with Crippen molar-refractivity contribution in [2.24, 2.45) is 0 Å². The van der Waals surface area contributed by atoms with Crippen LogP contribution < -0.4 is 29.0 Å². The van der Waals surface area contributed by atoms with E-state index in [0.717, 1.165) is 16.5 Å². The van der Waals surface area contributed by atoms with E-state index in [1.165, 1.54) is 38.5 Å². The van der Waals surface area contributed by atoms with Crippen molar-refractivity contribution < 1.29 is 42.1 Å². The van der Waals surface area contributed by atoms with Crippen molar-refractivity contribution in [2.45, 2.75) is 42.7 Å². The first kappa shape index (κ1) is 34.3. The molecule has 0 atom stereocenters. The van der Waals surface area contributed by atoms with Gasteiger partial charge in [-0.1, -0.05) is 24.3 Å². The number of fused-ring (bicyclic) bond motifs is 1. The van der Waals surface area contributed by atoms with Gasteiger partial charge < -0.3 is 29.4 Å². The van der Waals surface area contributed by atoms with Gasteiger partial charge in [-0.3, -0.25) is 4.79 Å². The minimum absolute atomic E-state index is 0.00894. The summed E-state index contributed by atoms with van der Waals surface area (Å²) in [6, 6.07) is 28.7. The molecule has 1 amide bonds. The number of carboxylic acids is 1. The number of rotatable bonds is 12. The fraction of sp³-hybridized carbons (Fsp3) is 0.211. The van der Waals surface area contributed by atoms with Crippen LogP contribution in [0.15, 0.2) is 108 Å². The summed E-state index contributed by atoms with van der Waals surface area (Å²) in [7, 11) is -0.767. The highest BCUT2D eigenvalue weighted by molar-refractivity contribution is 7.89. The highest BCUT2D eigenvalue weighted by atomic mass is 32.2. The third kappa shape index (κ3) is 7.99. The number of para-hydroxylation sites is 1. The zero-order chi connectivity index (χ0) is 35.3. The lowest BCUT2D eigenvalue weighted by Crippen LogP contribution is -2.39. The Balaban J connectivity index is 1.02. The maximum atomic E-state index is 13.0. The van der Waals surface area contributed by atoms with E-state index in [9.17, 15) is 23.1 Å². The summed E-state index contributed by atoms with van der Waals surface area (Å²) in [4.78, 5) is 24.3. The number of anilines is 1. The van der Waals surface area contributed by atoms with Gasteiger partial charge >= 0.3 is 5.97 Å². The number of hydrogen-bond donors (Lipinski definition) is 3. The normalized spacial score (nSPS) is 16.0. The van der Waals surface area contributed by atoms with Crippen LogP contribution in [-0.2, 0) is 10.0 Å². The van der Waals surface area contributed by atoms with Gasteiger partial charge in [-0.2, -0.15) is 0 Å². The SMILES string of the molecule is COc1ccc(S(=O)(=O)NC2CCC(Oc3ccc4cc(Oc5ccc(C(=O)Nc6ccccc6C(=O)O)cc5)ccc4c3)CC2)cc1OC. The number of methoxy groups -OCH3 is 2. The van der Waals surface area contributed by atoms with E-state index in [1.54, 1.807) is 42.5 Å². The van der Waals surface area contributed by atoms with Gasteiger partial charge in [0.25, 0.3) is 5.91 Å². The second-order valence-electron chi connectivity index (χ2n) is 11.8. The Hall–Kier alpha value is -5.59. The van der Waals surface area contributed by atoms with Crippen molar-refractivity contribution in [1.82, 2.24) is 4.72 Å². The second kappa shape index (κ2) is 14.9. The molecule has 258 valence electrons. The molecular formula is C38H36N2O9S. The highest BCUT2D eigenvalue weighted by Gasteiger charge is 2.27. The summed E-state index contributed by atoms with van der Waals surface area (Å²) in [5.41, 5.74) is 0.582. The summed E-state index contributed by atoms with van der Waals surface area (Å²) in [5, 5.41) is 13.9. The van der Waals surface area contributed by atoms with Crippen LogP contribution in [0.3, 0.4) is 0 Å². The van der Waals surface area contributed by atoms with Gasteiger partial charge in [0, 0.05) is 17.7 Å². The first-order chi connectivity index (χ1) is 24.1. The molecule has 0 spiro atoms. The molecule has 12 heteroatoms. The van der Waals surface area contributed by atoms with Gasteiger partial charge in [0.15, 0.2) is 11.5 Å². The number of nitrogens with one attached hydrogen (secondary N) is 2. The summed E-state index contributed by atoms with van der Waals surface area (Å²) in [6.07, 6.45) is 2.68. The molecule has 50 heavy (non-hydrogen) atoms. The van der Waals surface area contributed by atoms with Crippen LogP contribution in [0.5, 0.6) is 28.7 Å². The maximum absolute atomic E-state index is 13.0. The van der Waals surface area contributed by atoms with Crippen LogP contribution in [0.25, 0.3) is 10.8 Å². The molecule has 1 saturated carbocycles. The zero-order valence-corrected chi connectivity index (χ0v) is 28.2. The van der Waals surface area contributed by atoms with E-state index < -0.39 is 21.9 Å². The number of aromatic carboxylic acids is 1. The Morgan fingerprint density at radius 2 is 1.36 bits per heavy atom. The Morgan fingerprint density at radius 1 is 0.720 bits per heavy atom. The predicted octanol–water partition coefficient (Wildman–Crippen LogP) is 7.27. The van der Waals surface area contributed by atoms with Crippen LogP contribution >= 0.6 is 0 Å². The molecule has 3 N–H and O–H groups in total. The number of sulfonamides is 1. The number of ether oxygens (including phenoxy) is 4. The predicted molar refractivity (Wildman–Crippen MR) is 188 cm³/mol. The molecule has 0 heterocycles. The van der Waals surface area contributed by atoms with Gasteiger partial charge in [-0.05, 0) is 109 Å². The van der Waals surface area contributed by atoms with E-state index in [-0.39, 0.29) is 28.3 Å². The lowest BCUT2D eigenvalue weighted by molar-refractivity contribution is 0.0698. The van der Waals surface area contributed by atoms with Crippen LogP contribution in [0.2, 0.25) is 0 Å². The molecule has 5 aromatic rings. The molecule has 0 aromatic heterocycles. The van der Waals surface area contributed by atoms with Crippen LogP contribution in [-0.4, -0.2) is 51.8 Å². The smallest absolute Gasteiger partial charge is 0.337 e. The van der Waals surface area contributed by atoms with Gasteiger partial charge in [-0.15, -0.1) is 0 Å².